The van der Waals surface area contributed by atoms with Crippen LogP contribution < -0.4 is 15.0 Å². The molecule has 0 atom stereocenters. The predicted octanol–water partition coefficient (Wildman–Crippen LogP) is 6.78. The lowest BCUT2D eigenvalue weighted by Crippen LogP contribution is -2.32. The van der Waals surface area contributed by atoms with Crippen LogP contribution >= 0.6 is 24.0 Å². The first-order chi connectivity index (χ1) is 20.5. The lowest BCUT2D eigenvalue weighted by atomic mass is 9.98. The summed E-state index contributed by atoms with van der Waals surface area (Å²) in [6.45, 7) is 6.65. The van der Waals surface area contributed by atoms with E-state index in [1.165, 1.54) is 47.0 Å². The minimum atomic E-state index is -4.75. The van der Waals surface area contributed by atoms with Gasteiger partial charge in [-0.25, -0.2) is 9.67 Å². The third-order valence-corrected chi connectivity index (χ3v) is 7.65. The van der Waals surface area contributed by atoms with E-state index in [1.807, 2.05) is 43.3 Å². The number of rotatable bonds is 7. The molecule has 1 N–H and O–H groups in total. The van der Waals surface area contributed by atoms with E-state index < -0.39 is 6.36 Å². The first-order valence-corrected chi connectivity index (χ1v) is 14.7. The summed E-state index contributed by atoms with van der Waals surface area (Å²) in [5.41, 5.74) is 5.28. The number of anilines is 1. The normalized spacial score (nSPS) is 14.5. The van der Waals surface area contributed by atoms with Gasteiger partial charge in [0.15, 0.2) is 16.1 Å². The fraction of sp³-hybridized carbons (Fsp3) is 0.233. The molecule has 0 spiro atoms. The molecule has 0 aliphatic carbocycles. The molecule has 1 saturated heterocycles. The van der Waals surface area contributed by atoms with Crippen molar-refractivity contribution >= 4 is 45.9 Å². The van der Waals surface area contributed by atoms with Crippen LogP contribution in [-0.4, -0.2) is 43.1 Å². The number of aryl methyl sites for hydroxylation is 1. The second-order valence-electron chi connectivity index (χ2n) is 10.0. The molecule has 0 bridgehead atoms. The molecule has 8 nitrogen and oxygen atoms in total. The number of carbonyl (C=O) groups excluding carboxylic acids is 1. The van der Waals surface area contributed by atoms with Crippen LogP contribution in [0.15, 0.2) is 78.0 Å². The molecule has 4 aromatic rings. The number of thiocarbonyl (C=S) groups is 1. The number of thioether (sulfide) groups is 1. The lowest BCUT2D eigenvalue weighted by molar-refractivity contribution is -0.274. The maximum Gasteiger partial charge on any atom is 0.573 e. The summed E-state index contributed by atoms with van der Waals surface area (Å²) in [6.07, 6.45) is -3.27. The molecule has 1 fully saturated rings. The molecule has 222 valence electrons. The predicted molar refractivity (Wildman–Crippen MR) is 166 cm³/mol. The SMILES string of the molecule is Cc1ccc(N2C(=O)CS/C2=N\C(=S)NCc2ccc(-c3ncn(-c4ccc(OC(F)(F)F)cc4)n3)cc2)c(C(C)C)c1. The molecule has 1 aliphatic heterocycles. The molecule has 0 unspecified atom stereocenters. The zero-order valence-electron chi connectivity index (χ0n) is 23.4. The van der Waals surface area contributed by atoms with Gasteiger partial charge in [-0.1, -0.05) is 67.6 Å². The smallest absolute Gasteiger partial charge is 0.406 e. The number of alkyl halides is 3. The number of aliphatic imine (C=N–C) groups is 1. The molecule has 13 heteroatoms. The van der Waals surface area contributed by atoms with E-state index in [1.54, 1.807) is 4.90 Å². The van der Waals surface area contributed by atoms with Crippen LogP contribution in [0.2, 0.25) is 0 Å². The molecular weight excluding hydrogens is 597 g/mol. The third kappa shape index (κ3) is 7.41. The Bertz CT molecular complexity index is 1670. The maximum absolute atomic E-state index is 12.8. The molecule has 43 heavy (non-hydrogen) atoms. The van der Waals surface area contributed by atoms with E-state index in [0.717, 1.165) is 27.9 Å². The molecule has 5 rings (SSSR count). The number of halogens is 3. The van der Waals surface area contributed by atoms with Crippen molar-refractivity contribution in [3.8, 4) is 22.8 Å². The van der Waals surface area contributed by atoms with Gasteiger partial charge in [-0.2, -0.15) is 4.99 Å². The number of carbonyl (C=O) groups is 1. The average molecular weight is 625 g/mol. The molecule has 1 aliphatic rings. The van der Waals surface area contributed by atoms with Gasteiger partial charge in [-0.3, -0.25) is 9.69 Å². The van der Waals surface area contributed by atoms with E-state index in [0.29, 0.717) is 29.0 Å². The van der Waals surface area contributed by atoms with E-state index in [4.69, 9.17) is 12.2 Å². The van der Waals surface area contributed by atoms with Crippen molar-refractivity contribution < 1.29 is 22.7 Å². The summed E-state index contributed by atoms with van der Waals surface area (Å²) in [5.74, 6) is 0.648. The van der Waals surface area contributed by atoms with Crippen LogP contribution in [0, 0.1) is 6.92 Å². The third-order valence-electron chi connectivity index (χ3n) is 6.49. The highest BCUT2D eigenvalue weighted by Crippen LogP contribution is 2.34. The minimum absolute atomic E-state index is 0.0311. The molecule has 1 amide bonds. The van der Waals surface area contributed by atoms with Crippen LogP contribution in [0.3, 0.4) is 0 Å². The lowest BCUT2D eigenvalue weighted by Gasteiger charge is -2.22. The number of nitrogens with zero attached hydrogens (tertiary/aromatic N) is 5. The zero-order valence-corrected chi connectivity index (χ0v) is 25.1. The van der Waals surface area contributed by atoms with Crippen LogP contribution in [0.25, 0.3) is 17.1 Å². The number of amidine groups is 1. The number of amides is 1. The van der Waals surface area contributed by atoms with Crippen LogP contribution in [-0.2, 0) is 11.3 Å². The fourth-order valence-corrected chi connectivity index (χ4v) is 5.50. The Morgan fingerprint density at radius 2 is 1.84 bits per heavy atom. The number of hydrogen-bond donors (Lipinski definition) is 1. The summed E-state index contributed by atoms with van der Waals surface area (Å²) in [4.78, 5) is 23.3. The Labute approximate surface area is 256 Å². The Kier molecular flexibility index (Phi) is 8.83. The molecular formula is C30H27F3N6O2S2. The van der Waals surface area contributed by atoms with Gasteiger partial charge in [0, 0.05) is 12.1 Å². The van der Waals surface area contributed by atoms with Gasteiger partial charge in [-0.15, -0.1) is 18.3 Å². The van der Waals surface area contributed by atoms with Gasteiger partial charge >= 0.3 is 6.36 Å². The highest BCUT2D eigenvalue weighted by molar-refractivity contribution is 8.15. The van der Waals surface area contributed by atoms with Gasteiger partial charge in [0.2, 0.25) is 5.91 Å². The van der Waals surface area contributed by atoms with Gasteiger partial charge in [0.05, 0.1) is 17.1 Å². The monoisotopic (exact) mass is 624 g/mol. The Hall–Kier alpha value is -4.23. The van der Waals surface area contributed by atoms with Crippen LogP contribution in [0.1, 0.15) is 36.5 Å². The van der Waals surface area contributed by atoms with Gasteiger partial charge in [-0.05, 0) is 66.5 Å². The van der Waals surface area contributed by atoms with E-state index in [2.05, 4.69) is 45.0 Å². The second-order valence-corrected chi connectivity index (χ2v) is 11.4. The molecule has 2 heterocycles. The Balaban J connectivity index is 1.22. The van der Waals surface area contributed by atoms with E-state index >= 15 is 0 Å². The van der Waals surface area contributed by atoms with Crippen molar-refractivity contribution in [2.24, 2.45) is 4.99 Å². The summed E-state index contributed by atoms with van der Waals surface area (Å²) in [6, 6.07) is 18.9. The topological polar surface area (TPSA) is 84.6 Å². The average Bonchev–Trinajstić information content (AvgIpc) is 3.59. The highest BCUT2D eigenvalue weighted by Gasteiger charge is 2.32. The summed E-state index contributed by atoms with van der Waals surface area (Å²) in [7, 11) is 0. The maximum atomic E-state index is 12.8. The summed E-state index contributed by atoms with van der Waals surface area (Å²) in [5, 5.41) is 8.39. The first kappa shape index (κ1) is 30.2. The van der Waals surface area contributed by atoms with E-state index in [9.17, 15) is 18.0 Å². The van der Waals surface area contributed by atoms with Crippen LogP contribution in [0.4, 0.5) is 18.9 Å². The molecule has 1 aromatic heterocycles. The summed E-state index contributed by atoms with van der Waals surface area (Å²) < 4.78 is 42.6. The Morgan fingerprint density at radius 3 is 2.51 bits per heavy atom. The van der Waals surface area contributed by atoms with Crippen molar-refractivity contribution in [3.05, 3.63) is 89.7 Å². The van der Waals surface area contributed by atoms with Crippen LogP contribution in [0.5, 0.6) is 5.75 Å². The number of benzene rings is 3. The van der Waals surface area contributed by atoms with Crippen molar-refractivity contribution in [1.82, 2.24) is 20.1 Å². The standard InChI is InChI=1S/C30H27F3N6O2S2/c1-18(2)24-14-19(3)4-13-25(24)39-26(40)16-43-29(39)36-28(42)34-15-20-5-7-21(8-6-20)27-35-17-38(37-27)22-9-11-23(12-10-22)41-30(31,32)33/h4-14,17-18H,15-16H2,1-3H3,(H,34,42)/b36-29-. The molecule has 0 saturated carbocycles. The first-order valence-electron chi connectivity index (χ1n) is 13.3. The number of nitrogens with one attached hydrogen (secondary N) is 1. The Morgan fingerprint density at radius 1 is 1.12 bits per heavy atom. The summed E-state index contributed by atoms with van der Waals surface area (Å²) >= 11 is 6.85. The molecule has 3 aromatic carbocycles. The van der Waals surface area contributed by atoms with Gasteiger partial charge in [0.25, 0.3) is 0 Å². The highest BCUT2D eigenvalue weighted by atomic mass is 32.2. The van der Waals surface area contributed by atoms with Crippen molar-refractivity contribution in [2.45, 2.75) is 39.6 Å². The van der Waals surface area contributed by atoms with Gasteiger partial charge < -0.3 is 10.1 Å². The van der Waals surface area contributed by atoms with E-state index in [-0.39, 0.29) is 22.7 Å². The van der Waals surface area contributed by atoms with Crippen molar-refractivity contribution in [2.75, 3.05) is 10.7 Å². The second kappa shape index (κ2) is 12.6. The number of hydrogen-bond acceptors (Lipinski definition) is 6. The molecule has 0 radical (unpaired) electrons. The number of ether oxygens (including phenoxy) is 1. The largest absolute Gasteiger partial charge is 0.573 e. The quantitative estimate of drug-likeness (QED) is 0.227. The number of aromatic nitrogens is 3. The minimum Gasteiger partial charge on any atom is -0.406 e. The van der Waals surface area contributed by atoms with Gasteiger partial charge in [0.1, 0.15) is 12.1 Å². The van der Waals surface area contributed by atoms with Crippen molar-refractivity contribution in [3.63, 3.8) is 0 Å². The fourth-order valence-electron chi connectivity index (χ4n) is 4.42. The zero-order chi connectivity index (χ0) is 30.7. The van der Waals surface area contributed by atoms with Crippen molar-refractivity contribution in [1.29, 1.82) is 0 Å².